The maximum Gasteiger partial charge on any atom is 0.200 e. The number of rotatable bonds is 3. The number of aryl methyl sites for hydroxylation is 1. The number of hydrogen-bond acceptors (Lipinski definition) is 3. The molecular weight excluding hydrogens is 612 g/mol. The second-order valence-electron chi connectivity index (χ2n) is 6.47. The van der Waals surface area contributed by atoms with Gasteiger partial charge in [0.1, 0.15) is 0 Å². The fraction of sp³-hybridized carbons (Fsp3) is 0.130. The maximum atomic E-state index is 14.1. The number of carbonyl (C=O) groups is 1. The number of halogens is 5. The van der Waals surface area contributed by atoms with Crippen molar-refractivity contribution in [2.45, 2.75) is 20.8 Å². The van der Waals surface area contributed by atoms with Gasteiger partial charge in [-0.15, -0.1) is 29.8 Å². The Hall–Kier alpha value is -2.86. The van der Waals surface area contributed by atoms with Gasteiger partial charge in [-0.1, -0.05) is 17.2 Å². The molecule has 0 unspecified atom stereocenters. The minimum Gasteiger partial charge on any atom is -0.512 e. The predicted molar refractivity (Wildman–Crippen MR) is 106 cm³/mol. The second-order valence-corrected chi connectivity index (χ2v) is 6.47. The van der Waals surface area contributed by atoms with Gasteiger partial charge in [0.25, 0.3) is 0 Å². The van der Waals surface area contributed by atoms with Gasteiger partial charge in [0.2, 0.25) is 0 Å². The molecule has 9 heteroatoms. The zero-order chi connectivity index (χ0) is 23.3. The van der Waals surface area contributed by atoms with Crippen LogP contribution in [0, 0.1) is 42.1 Å². The molecule has 0 aliphatic rings. The first kappa shape index (κ1) is 27.2. The van der Waals surface area contributed by atoms with Gasteiger partial charge in [-0.2, -0.15) is 0 Å². The molecule has 0 aliphatic heterocycles. The molecule has 1 aromatic heterocycles. The minimum atomic E-state index is -2.19. The van der Waals surface area contributed by atoms with Crippen molar-refractivity contribution in [3.05, 3.63) is 89.1 Å². The van der Waals surface area contributed by atoms with Crippen LogP contribution < -0.4 is 0 Å². The van der Waals surface area contributed by atoms with E-state index in [1.54, 1.807) is 19.1 Å². The smallest absolute Gasteiger partial charge is 0.200 e. The largest absolute Gasteiger partial charge is 0.512 e. The molecule has 0 spiro atoms. The van der Waals surface area contributed by atoms with Gasteiger partial charge < -0.3 is 10.1 Å². The fourth-order valence-corrected chi connectivity index (χ4v) is 2.72. The van der Waals surface area contributed by atoms with Crippen LogP contribution in [0.15, 0.2) is 48.4 Å². The number of aromatic nitrogens is 1. The van der Waals surface area contributed by atoms with Crippen LogP contribution in [0.2, 0.25) is 0 Å². The summed E-state index contributed by atoms with van der Waals surface area (Å²) >= 11 is 0. The van der Waals surface area contributed by atoms with E-state index in [0.717, 1.165) is 0 Å². The normalized spacial score (nSPS) is 10.7. The number of aliphatic hydroxyl groups excluding tert-OH is 1. The van der Waals surface area contributed by atoms with Gasteiger partial charge in [-0.3, -0.25) is 4.79 Å². The number of allylic oxidation sites excluding steroid dienone is 2. The molecule has 0 aliphatic carbocycles. The van der Waals surface area contributed by atoms with Gasteiger partial charge in [0.15, 0.2) is 34.9 Å². The summed E-state index contributed by atoms with van der Waals surface area (Å²) in [6, 6.07) is 10.3. The van der Waals surface area contributed by atoms with E-state index in [4.69, 9.17) is 5.11 Å². The predicted octanol–water partition coefficient (Wildman–Crippen LogP) is 6.25. The van der Waals surface area contributed by atoms with E-state index in [2.05, 4.69) is 11.1 Å². The summed E-state index contributed by atoms with van der Waals surface area (Å²) in [6.45, 7) is 4.56. The average molecular weight is 629 g/mol. The van der Waals surface area contributed by atoms with E-state index >= 15 is 0 Å². The number of aliphatic hydroxyl groups is 1. The number of pyridine rings is 1. The summed E-state index contributed by atoms with van der Waals surface area (Å²) in [5.74, 6) is -10.0. The first-order chi connectivity index (χ1) is 14.6. The van der Waals surface area contributed by atoms with E-state index in [9.17, 15) is 26.7 Å². The summed E-state index contributed by atoms with van der Waals surface area (Å²) in [7, 11) is 0. The maximum absolute atomic E-state index is 14.1. The summed E-state index contributed by atoms with van der Waals surface area (Å²) in [4.78, 5) is 14.1. The Morgan fingerprint density at radius 2 is 1.53 bits per heavy atom. The van der Waals surface area contributed by atoms with Crippen LogP contribution in [0.4, 0.5) is 22.0 Å². The van der Waals surface area contributed by atoms with Gasteiger partial charge in [0, 0.05) is 38.9 Å². The molecule has 0 saturated heterocycles. The summed E-state index contributed by atoms with van der Waals surface area (Å²) in [5.41, 5.74) is -0.00340. The van der Waals surface area contributed by atoms with Gasteiger partial charge in [0.05, 0.1) is 5.76 Å². The average Bonchev–Trinajstić information content (AvgIpc) is 2.71. The molecule has 0 amide bonds. The third-order valence-electron chi connectivity index (χ3n) is 3.99. The first-order valence-electron chi connectivity index (χ1n) is 8.88. The number of ketones is 1. The molecule has 3 rings (SSSR count). The van der Waals surface area contributed by atoms with Crippen molar-refractivity contribution >= 4 is 5.78 Å². The topological polar surface area (TPSA) is 50.2 Å². The molecule has 0 bridgehead atoms. The standard InChI is InChI=1S/C18H9F5N.C5H8O2.Pt/c1-9-5-4-8-24-18(9)11-7-3-2-6-10(11)12-13(19)15(21)17(23)16(22)14(12)20;1-4(6)3-5(2)7;/h2-6,8H,1H3;3,6H,1-2H3;/q-1;;/b;4-3-;. The Morgan fingerprint density at radius 1 is 0.969 bits per heavy atom. The number of hydrogen-bond donors (Lipinski definition) is 1. The minimum absolute atomic E-state index is 0. The molecule has 172 valence electrons. The van der Waals surface area contributed by atoms with E-state index in [0.29, 0.717) is 11.3 Å². The molecule has 0 radical (unpaired) electrons. The molecule has 32 heavy (non-hydrogen) atoms. The van der Waals surface area contributed by atoms with Gasteiger partial charge >= 0.3 is 0 Å². The first-order valence-corrected chi connectivity index (χ1v) is 8.88. The number of benzene rings is 2. The van der Waals surface area contributed by atoms with Crippen LogP contribution >= 0.6 is 0 Å². The third-order valence-corrected chi connectivity index (χ3v) is 3.99. The fourth-order valence-electron chi connectivity index (χ4n) is 2.72. The Kier molecular flexibility index (Phi) is 9.91. The SMILES string of the molecule is CC(=O)/C=C(/C)O.Cc1cccnc1-c1[c-]cccc1-c1c(F)c(F)c(F)c(F)c1F.[Pt]. The van der Waals surface area contributed by atoms with Gasteiger partial charge in [-0.25, -0.2) is 22.0 Å². The van der Waals surface area contributed by atoms with Crippen molar-refractivity contribution in [3.63, 3.8) is 0 Å². The van der Waals surface area contributed by atoms with Crippen LogP contribution in [0.25, 0.3) is 22.4 Å². The van der Waals surface area contributed by atoms with E-state index in [-0.39, 0.29) is 43.7 Å². The number of nitrogens with zero attached hydrogens (tertiary/aromatic N) is 1. The van der Waals surface area contributed by atoms with Crippen molar-refractivity contribution in [2.75, 3.05) is 0 Å². The summed E-state index contributed by atoms with van der Waals surface area (Å²) in [5, 5.41) is 8.36. The Bertz CT molecular complexity index is 1130. The molecule has 1 N–H and O–H groups in total. The zero-order valence-electron chi connectivity index (χ0n) is 17.1. The van der Waals surface area contributed by atoms with Crippen LogP contribution in [0.1, 0.15) is 19.4 Å². The monoisotopic (exact) mass is 629 g/mol. The molecule has 3 aromatic rings. The molecule has 1 heterocycles. The molecule has 3 nitrogen and oxygen atoms in total. The summed E-state index contributed by atoms with van der Waals surface area (Å²) < 4.78 is 68.5. The Balaban J connectivity index is 0.000000558. The summed E-state index contributed by atoms with van der Waals surface area (Å²) in [6.07, 6.45) is 2.63. The van der Waals surface area contributed by atoms with Crippen molar-refractivity contribution in [3.8, 4) is 22.4 Å². The van der Waals surface area contributed by atoms with Gasteiger partial charge in [-0.05, 0) is 32.5 Å². The quantitative estimate of drug-likeness (QED) is 0.0931. The number of carbonyl (C=O) groups excluding carboxylic acids is 1. The zero-order valence-corrected chi connectivity index (χ0v) is 19.3. The molecule has 0 atom stereocenters. The molecule has 0 saturated carbocycles. The van der Waals surface area contributed by atoms with Crippen molar-refractivity contribution in [1.82, 2.24) is 4.98 Å². The van der Waals surface area contributed by atoms with Crippen LogP contribution in [-0.2, 0) is 25.9 Å². The third kappa shape index (κ3) is 6.10. The Morgan fingerprint density at radius 3 is 2.00 bits per heavy atom. The van der Waals surface area contributed by atoms with E-state index in [1.165, 1.54) is 44.3 Å². The Labute approximate surface area is 195 Å². The van der Waals surface area contributed by atoms with Crippen LogP contribution in [-0.4, -0.2) is 15.9 Å². The van der Waals surface area contributed by atoms with Crippen molar-refractivity contribution < 1.29 is 52.9 Å². The molecular formula is C23H17F5NO2Pt-. The van der Waals surface area contributed by atoms with Crippen molar-refractivity contribution in [2.24, 2.45) is 0 Å². The molecule has 0 fully saturated rings. The molecule has 2 aromatic carbocycles. The second kappa shape index (κ2) is 11.7. The van der Waals surface area contributed by atoms with Crippen LogP contribution in [0.5, 0.6) is 0 Å². The van der Waals surface area contributed by atoms with E-state index < -0.39 is 34.6 Å². The van der Waals surface area contributed by atoms with Crippen molar-refractivity contribution in [1.29, 1.82) is 0 Å². The van der Waals surface area contributed by atoms with Crippen LogP contribution in [0.3, 0.4) is 0 Å². The van der Waals surface area contributed by atoms with E-state index in [1.807, 2.05) is 0 Å².